The number of ether oxygens (including phenoxy) is 3. The summed E-state index contributed by atoms with van der Waals surface area (Å²) in [5, 5.41) is 9.46. The lowest BCUT2D eigenvalue weighted by molar-refractivity contribution is 0.262. The van der Waals surface area contributed by atoms with Gasteiger partial charge in [-0.25, -0.2) is 19.2 Å². The van der Waals surface area contributed by atoms with Gasteiger partial charge in [0.2, 0.25) is 5.88 Å². The van der Waals surface area contributed by atoms with Gasteiger partial charge in [-0.1, -0.05) is 56.3 Å². The fraction of sp³-hybridized carbons (Fsp3) is 0.200. The van der Waals surface area contributed by atoms with Crippen LogP contribution in [0.25, 0.3) is 10.9 Å². The molecule has 0 aliphatic rings. The number of rotatable bonds is 8. The summed E-state index contributed by atoms with van der Waals surface area (Å²) in [6.45, 7) is 6.23. The van der Waals surface area contributed by atoms with Gasteiger partial charge in [0.25, 0.3) is 0 Å². The summed E-state index contributed by atoms with van der Waals surface area (Å²) in [6.07, 6.45) is 1.32. The average Bonchev–Trinajstić information content (AvgIpc) is 3.42. The van der Waals surface area contributed by atoms with Crippen LogP contribution in [-0.2, 0) is 12.0 Å². The molecule has 5 rings (SSSR count). The number of carbonyl (C=O) groups is 1. The van der Waals surface area contributed by atoms with Crippen LogP contribution in [0.1, 0.15) is 32.1 Å². The molecular weight excluding hydrogens is 529 g/mol. The minimum atomic E-state index is -0.708. The molecule has 210 valence electrons. The van der Waals surface area contributed by atoms with Gasteiger partial charge in [0.15, 0.2) is 28.9 Å². The summed E-state index contributed by atoms with van der Waals surface area (Å²) in [7, 11) is 1.52. The fourth-order valence-corrected chi connectivity index (χ4v) is 3.86. The molecule has 0 aliphatic carbocycles. The molecule has 2 heterocycles. The standard InChI is InChI=1S/C30H28FN5O5/c1-30(2,3)26-15-27(36-41-26)35-29(37)34-19-10-11-23(21(31)12-19)40-28-20-13-24(38-4)25(14-22(20)32-17-33-28)39-16-18-8-6-5-7-9-18/h5-15,17H,16H2,1-4H3,(H2,34,35,36,37). The number of carbonyl (C=O) groups excluding carboxylic acids is 1. The summed E-state index contributed by atoms with van der Waals surface area (Å²) >= 11 is 0. The molecule has 0 bridgehead atoms. The molecule has 11 heteroatoms. The maximum Gasteiger partial charge on any atom is 0.324 e. The van der Waals surface area contributed by atoms with Gasteiger partial charge in [-0.3, -0.25) is 5.32 Å². The summed E-state index contributed by atoms with van der Waals surface area (Å²) in [5.41, 5.74) is 1.47. The third-order valence-electron chi connectivity index (χ3n) is 6.01. The number of amides is 2. The zero-order valence-corrected chi connectivity index (χ0v) is 22.9. The zero-order chi connectivity index (χ0) is 29.0. The molecule has 2 N–H and O–H groups in total. The van der Waals surface area contributed by atoms with Crippen molar-refractivity contribution in [1.29, 1.82) is 0 Å². The van der Waals surface area contributed by atoms with Crippen molar-refractivity contribution in [2.75, 3.05) is 17.7 Å². The number of methoxy groups -OCH3 is 1. The Kier molecular flexibility index (Phi) is 7.68. The highest BCUT2D eigenvalue weighted by Crippen LogP contribution is 2.37. The summed E-state index contributed by atoms with van der Waals surface area (Å²) < 4.78 is 37.6. The Morgan fingerprint density at radius 1 is 0.951 bits per heavy atom. The van der Waals surface area contributed by atoms with E-state index >= 15 is 4.39 Å². The molecule has 10 nitrogen and oxygen atoms in total. The van der Waals surface area contributed by atoms with E-state index in [2.05, 4.69) is 25.8 Å². The van der Waals surface area contributed by atoms with Crippen LogP contribution < -0.4 is 24.8 Å². The first-order valence-electron chi connectivity index (χ1n) is 12.7. The van der Waals surface area contributed by atoms with E-state index in [0.717, 1.165) is 11.6 Å². The van der Waals surface area contributed by atoms with Crippen molar-refractivity contribution in [3.05, 3.63) is 90.2 Å². The highest BCUT2D eigenvalue weighted by molar-refractivity contribution is 5.99. The summed E-state index contributed by atoms with van der Waals surface area (Å²) in [4.78, 5) is 20.9. The van der Waals surface area contributed by atoms with Gasteiger partial charge < -0.3 is 24.1 Å². The Labute approximate surface area is 235 Å². The molecule has 0 radical (unpaired) electrons. The van der Waals surface area contributed by atoms with Crippen LogP contribution in [0.3, 0.4) is 0 Å². The minimum Gasteiger partial charge on any atom is -0.493 e. The number of urea groups is 1. The Balaban J connectivity index is 1.29. The third kappa shape index (κ3) is 6.52. The number of nitrogens with zero attached hydrogens (tertiary/aromatic N) is 3. The Morgan fingerprint density at radius 2 is 1.76 bits per heavy atom. The number of nitrogens with one attached hydrogen (secondary N) is 2. The quantitative estimate of drug-likeness (QED) is 0.208. The van der Waals surface area contributed by atoms with Crippen LogP contribution in [0.4, 0.5) is 20.7 Å². The number of fused-ring (bicyclic) bond motifs is 1. The molecular formula is C30H28FN5O5. The van der Waals surface area contributed by atoms with Gasteiger partial charge in [-0.15, -0.1) is 0 Å². The van der Waals surface area contributed by atoms with Crippen molar-refractivity contribution in [2.24, 2.45) is 0 Å². The molecule has 3 aromatic carbocycles. The molecule has 0 saturated carbocycles. The van der Waals surface area contributed by atoms with E-state index in [0.29, 0.717) is 34.8 Å². The van der Waals surface area contributed by atoms with E-state index in [-0.39, 0.29) is 28.5 Å². The van der Waals surface area contributed by atoms with Crippen molar-refractivity contribution < 1.29 is 27.9 Å². The lowest BCUT2D eigenvalue weighted by atomic mass is 9.93. The Bertz CT molecular complexity index is 1680. The first-order chi connectivity index (χ1) is 19.7. The van der Waals surface area contributed by atoms with Crippen molar-refractivity contribution in [2.45, 2.75) is 32.8 Å². The molecule has 0 unspecified atom stereocenters. The lowest BCUT2D eigenvalue weighted by Gasteiger charge is -2.14. The van der Waals surface area contributed by atoms with Crippen LogP contribution in [0.5, 0.6) is 23.1 Å². The number of aromatic nitrogens is 3. The fourth-order valence-electron chi connectivity index (χ4n) is 3.86. The summed E-state index contributed by atoms with van der Waals surface area (Å²) in [5.74, 6) is 1.13. The zero-order valence-electron chi connectivity index (χ0n) is 22.9. The first kappa shape index (κ1) is 27.4. The number of benzene rings is 3. The molecule has 0 saturated heterocycles. The average molecular weight is 558 g/mol. The normalized spacial score (nSPS) is 11.2. The van der Waals surface area contributed by atoms with Crippen molar-refractivity contribution in [3.63, 3.8) is 0 Å². The van der Waals surface area contributed by atoms with E-state index in [1.807, 2.05) is 51.1 Å². The monoisotopic (exact) mass is 557 g/mol. The Hall–Kier alpha value is -5.19. The van der Waals surface area contributed by atoms with E-state index in [1.165, 1.54) is 25.6 Å². The number of halogens is 1. The highest BCUT2D eigenvalue weighted by Gasteiger charge is 2.21. The molecule has 0 aliphatic heterocycles. The molecule has 0 spiro atoms. The van der Waals surface area contributed by atoms with Gasteiger partial charge in [-0.05, 0) is 23.8 Å². The van der Waals surface area contributed by atoms with Crippen LogP contribution >= 0.6 is 0 Å². The lowest BCUT2D eigenvalue weighted by Crippen LogP contribution is -2.19. The van der Waals surface area contributed by atoms with Gasteiger partial charge in [0, 0.05) is 29.3 Å². The van der Waals surface area contributed by atoms with Crippen molar-refractivity contribution in [1.82, 2.24) is 15.1 Å². The van der Waals surface area contributed by atoms with Crippen molar-refractivity contribution in [3.8, 4) is 23.1 Å². The number of hydrogen-bond donors (Lipinski definition) is 2. The van der Waals surface area contributed by atoms with Crippen LogP contribution in [0.2, 0.25) is 0 Å². The Morgan fingerprint density at radius 3 is 2.46 bits per heavy atom. The highest BCUT2D eigenvalue weighted by atomic mass is 19.1. The number of hydrogen-bond acceptors (Lipinski definition) is 8. The number of anilines is 2. The van der Waals surface area contributed by atoms with E-state index < -0.39 is 11.8 Å². The van der Waals surface area contributed by atoms with E-state index in [1.54, 1.807) is 18.2 Å². The maximum atomic E-state index is 15.0. The molecule has 2 aromatic heterocycles. The minimum absolute atomic E-state index is 0.0920. The van der Waals surface area contributed by atoms with Gasteiger partial charge in [0.05, 0.1) is 18.0 Å². The van der Waals surface area contributed by atoms with E-state index in [9.17, 15) is 4.79 Å². The second kappa shape index (κ2) is 11.5. The first-order valence-corrected chi connectivity index (χ1v) is 12.7. The molecule has 5 aromatic rings. The van der Waals surface area contributed by atoms with Gasteiger partial charge in [-0.2, -0.15) is 0 Å². The summed E-state index contributed by atoms with van der Waals surface area (Å²) in [6, 6.07) is 18.2. The second-order valence-corrected chi connectivity index (χ2v) is 10.1. The predicted octanol–water partition coefficient (Wildman–Crippen LogP) is 7.08. The van der Waals surface area contributed by atoms with Gasteiger partial charge in [0.1, 0.15) is 18.7 Å². The predicted molar refractivity (Wildman–Crippen MR) is 151 cm³/mol. The van der Waals surface area contributed by atoms with E-state index in [4.69, 9.17) is 18.7 Å². The second-order valence-electron chi connectivity index (χ2n) is 10.1. The third-order valence-corrected chi connectivity index (χ3v) is 6.01. The molecule has 2 amide bonds. The van der Waals surface area contributed by atoms with Crippen LogP contribution in [0, 0.1) is 5.82 Å². The maximum absolute atomic E-state index is 15.0. The van der Waals surface area contributed by atoms with Gasteiger partial charge >= 0.3 is 6.03 Å². The molecule has 0 atom stereocenters. The topological polar surface area (TPSA) is 121 Å². The largest absolute Gasteiger partial charge is 0.493 e. The van der Waals surface area contributed by atoms with Crippen LogP contribution in [0.15, 0.2) is 77.6 Å². The smallest absolute Gasteiger partial charge is 0.324 e. The molecule has 0 fully saturated rings. The molecule has 41 heavy (non-hydrogen) atoms. The SMILES string of the molecule is COc1cc2c(Oc3ccc(NC(=O)Nc4cc(C(C)(C)C)on4)cc3F)ncnc2cc1OCc1ccccc1. The van der Waals surface area contributed by atoms with Crippen LogP contribution in [-0.4, -0.2) is 28.3 Å². The van der Waals surface area contributed by atoms with Crippen molar-refractivity contribution >= 4 is 28.4 Å².